The van der Waals surface area contributed by atoms with Gasteiger partial charge in [-0.05, 0) is 104 Å². The molecule has 14 nitrogen and oxygen atoms in total. The van der Waals surface area contributed by atoms with E-state index >= 15 is 0 Å². The number of hydrogen-bond donors (Lipinski definition) is 3. The number of imide groups is 2. The van der Waals surface area contributed by atoms with Crippen molar-refractivity contribution in [1.82, 2.24) is 15.5 Å². The molecular formula is C46H46N4O10. The Hall–Kier alpha value is -7.19. The molecule has 1 saturated heterocycles. The third-order valence-corrected chi connectivity index (χ3v) is 9.53. The molecule has 0 spiro atoms. The molecular weight excluding hydrogens is 769 g/mol. The Morgan fingerprint density at radius 1 is 0.933 bits per heavy atom. The van der Waals surface area contributed by atoms with E-state index in [-0.39, 0.29) is 60.3 Å². The van der Waals surface area contributed by atoms with Gasteiger partial charge in [0.1, 0.15) is 18.4 Å². The van der Waals surface area contributed by atoms with Crippen LogP contribution in [-0.4, -0.2) is 79.0 Å². The number of ether oxygens (including phenoxy) is 3. The van der Waals surface area contributed by atoms with E-state index in [0.717, 1.165) is 28.9 Å². The number of nitrogens with one attached hydrogen (secondary N) is 3. The number of nitrogens with zero attached hydrogens (tertiary/aromatic N) is 1. The van der Waals surface area contributed by atoms with Crippen molar-refractivity contribution < 1.29 is 47.8 Å². The van der Waals surface area contributed by atoms with E-state index in [0.29, 0.717) is 55.2 Å². The van der Waals surface area contributed by atoms with Crippen LogP contribution in [0.25, 0.3) is 6.08 Å². The molecule has 6 amide bonds. The fourth-order valence-corrected chi connectivity index (χ4v) is 6.59. The third-order valence-electron chi connectivity index (χ3n) is 9.53. The zero-order chi connectivity index (χ0) is 43.0. The van der Waals surface area contributed by atoms with E-state index in [2.05, 4.69) is 39.6 Å². The molecule has 14 heteroatoms. The van der Waals surface area contributed by atoms with E-state index in [1.54, 1.807) is 36.4 Å². The SMILES string of the molecule is CCOc1cc(C(=O)/C=C/c2ccc(OCC#CC#CCCCCCC(=O)Nc3cccc4c3C(=O)N(C3CCC(=O)NC3=O)C4=O)cc2)c(CCNC(C)=O)cc1OC. The van der Waals surface area contributed by atoms with E-state index in [9.17, 15) is 33.6 Å². The van der Waals surface area contributed by atoms with E-state index < -0.39 is 29.7 Å². The van der Waals surface area contributed by atoms with Crippen LogP contribution in [0.3, 0.4) is 0 Å². The summed E-state index contributed by atoms with van der Waals surface area (Å²) in [4.78, 5) is 88.4. The van der Waals surface area contributed by atoms with E-state index in [4.69, 9.17) is 14.2 Å². The number of unbranched alkanes of at least 4 members (excludes halogenated alkanes) is 3. The molecule has 0 radical (unpaired) electrons. The smallest absolute Gasteiger partial charge is 0.264 e. The number of ketones is 1. The second-order valence-electron chi connectivity index (χ2n) is 13.8. The number of benzene rings is 3. The van der Waals surface area contributed by atoms with Crippen LogP contribution < -0.4 is 30.2 Å². The topological polar surface area (TPSA) is 187 Å². The number of hydrogen-bond acceptors (Lipinski definition) is 10. The highest BCUT2D eigenvalue weighted by atomic mass is 16.5. The van der Waals surface area contributed by atoms with Crippen molar-refractivity contribution in [1.29, 1.82) is 0 Å². The molecule has 2 aliphatic heterocycles. The number of methoxy groups -OCH3 is 1. The van der Waals surface area contributed by atoms with Crippen LogP contribution in [0.4, 0.5) is 5.69 Å². The summed E-state index contributed by atoms with van der Waals surface area (Å²) in [5.41, 5.74) is 2.31. The van der Waals surface area contributed by atoms with Crippen molar-refractivity contribution >= 4 is 53.0 Å². The molecule has 3 aromatic carbocycles. The molecule has 2 aliphatic rings. The van der Waals surface area contributed by atoms with Crippen molar-refractivity contribution in [3.63, 3.8) is 0 Å². The van der Waals surface area contributed by atoms with Crippen molar-refractivity contribution in [2.75, 3.05) is 32.2 Å². The van der Waals surface area contributed by atoms with Crippen molar-refractivity contribution in [2.45, 2.75) is 71.3 Å². The predicted molar refractivity (Wildman–Crippen MR) is 222 cm³/mol. The predicted octanol–water partition coefficient (Wildman–Crippen LogP) is 5.04. The molecule has 3 aromatic rings. The molecule has 1 unspecified atom stereocenters. The summed E-state index contributed by atoms with van der Waals surface area (Å²) in [6, 6.07) is 14.1. The maximum absolute atomic E-state index is 13.3. The van der Waals surface area contributed by atoms with Gasteiger partial charge in [0.15, 0.2) is 17.3 Å². The number of anilines is 1. The molecule has 1 fully saturated rings. The van der Waals surface area contributed by atoms with Gasteiger partial charge in [0, 0.05) is 38.3 Å². The fraction of sp³-hybridized carbons (Fsp3) is 0.326. The maximum Gasteiger partial charge on any atom is 0.264 e. The lowest BCUT2D eigenvalue weighted by Crippen LogP contribution is -2.54. The van der Waals surface area contributed by atoms with Crippen LogP contribution in [0.15, 0.2) is 60.7 Å². The number of carbonyl (C=O) groups is 7. The normalized spacial score (nSPS) is 14.3. The van der Waals surface area contributed by atoms with Crippen molar-refractivity contribution in [2.24, 2.45) is 0 Å². The van der Waals surface area contributed by atoms with Gasteiger partial charge in [-0.2, -0.15) is 0 Å². The van der Waals surface area contributed by atoms with Gasteiger partial charge in [0.25, 0.3) is 11.8 Å². The molecule has 5 rings (SSSR count). The second kappa shape index (κ2) is 21.5. The van der Waals surface area contributed by atoms with Gasteiger partial charge >= 0.3 is 0 Å². The average molecular weight is 815 g/mol. The minimum Gasteiger partial charge on any atom is -0.493 e. The van der Waals surface area contributed by atoms with Crippen LogP contribution in [0.5, 0.6) is 17.2 Å². The minimum absolute atomic E-state index is 0.0164. The zero-order valence-corrected chi connectivity index (χ0v) is 33.7. The Balaban J connectivity index is 1.01. The monoisotopic (exact) mass is 814 g/mol. The summed E-state index contributed by atoms with van der Waals surface area (Å²) in [7, 11) is 1.53. The molecule has 310 valence electrons. The van der Waals surface area contributed by atoms with Crippen molar-refractivity contribution in [3.8, 4) is 40.9 Å². The molecule has 0 bridgehead atoms. The highest BCUT2D eigenvalue weighted by Gasteiger charge is 2.45. The first-order valence-electron chi connectivity index (χ1n) is 19.6. The highest BCUT2D eigenvalue weighted by molar-refractivity contribution is 6.26. The van der Waals surface area contributed by atoms with Gasteiger partial charge in [-0.25, -0.2) is 0 Å². The first kappa shape index (κ1) is 43.9. The fourth-order valence-electron chi connectivity index (χ4n) is 6.59. The Kier molecular flexibility index (Phi) is 15.8. The number of rotatable bonds is 18. The van der Waals surface area contributed by atoms with Gasteiger partial charge < -0.3 is 24.8 Å². The lowest BCUT2D eigenvalue weighted by molar-refractivity contribution is -0.136. The lowest BCUT2D eigenvalue weighted by Gasteiger charge is -2.27. The summed E-state index contributed by atoms with van der Waals surface area (Å²) in [5, 5.41) is 7.65. The summed E-state index contributed by atoms with van der Waals surface area (Å²) < 4.78 is 16.8. The van der Waals surface area contributed by atoms with Gasteiger partial charge in [-0.15, -0.1) is 0 Å². The first-order valence-corrected chi connectivity index (χ1v) is 19.6. The quantitative estimate of drug-likeness (QED) is 0.0516. The maximum atomic E-state index is 13.3. The third kappa shape index (κ3) is 11.7. The Morgan fingerprint density at radius 3 is 2.45 bits per heavy atom. The molecule has 60 heavy (non-hydrogen) atoms. The van der Waals surface area contributed by atoms with Gasteiger partial charge in [-0.3, -0.25) is 43.8 Å². The average Bonchev–Trinajstić information content (AvgIpc) is 3.48. The molecule has 0 saturated carbocycles. The summed E-state index contributed by atoms with van der Waals surface area (Å²) >= 11 is 0. The van der Waals surface area contributed by atoms with Gasteiger partial charge in [0.2, 0.25) is 23.6 Å². The number of piperidine rings is 1. The molecule has 3 N–H and O–H groups in total. The van der Waals surface area contributed by atoms with Crippen molar-refractivity contribution in [3.05, 3.63) is 88.5 Å². The number of allylic oxidation sites excluding steroid dienone is 1. The summed E-state index contributed by atoms with van der Waals surface area (Å²) in [5.74, 6) is 9.86. The van der Waals surface area contributed by atoms with Crippen LogP contribution in [0.2, 0.25) is 0 Å². The van der Waals surface area contributed by atoms with Gasteiger partial charge in [-0.1, -0.05) is 36.6 Å². The van der Waals surface area contributed by atoms with E-state index in [1.807, 2.05) is 19.1 Å². The van der Waals surface area contributed by atoms with E-state index in [1.165, 1.54) is 32.2 Å². The van der Waals surface area contributed by atoms with Crippen LogP contribution >= 0.6 is 0 Å². The highest BCUT2D eigenvalue weighted by Crippen LogP contribution is 2.33. The van der Waals surface area contributed by atoms with Crippen LogP contribution in [-0.2, 0) is 25.6 Å². The van der Waals surface area contributed by atoms with Crippen LogP contribution in [0, 0.1) is 23.7 Å². The Morgan fingerprint density at radius 2 is 1.72 bits per heavy atom. The number of amides is 6. The Bertz CT molecular complexity index is 2310. The number of fused-ring (bicyclic) bond motifs is 1. The zero-order valence-electron chi connectivity index (χ0n) is 33.7. The molecule has 2 heterocycles. The standard InChI is InChI=1S/C46H46N4O10/c1-4-59-40-29-35(32(28-39(40)58-3)25-26-47-30(2)51)38(52)23-19-31-17-20-33(21-18-31)60-27-12-10-8-6-5-7-9-11-16-41(53)48-36-15-13-14-34-43(36)46(57)50(45(34)56)37-22-24-42(54)49-44(37)55/h13-15,17-21,23,28-29,37H,4-5,7,9,11,16,22,24-27H2,1-3H3,(H,47,51)(H,48,53)(H,49,54,55)/b23-19+. The lowest BCUT2D eigenvalue weighted by atomic mass is 9.99. The first-order chi connectivity index (χ1) is 29.0. The van der Waals surface area contributed by atoms with Gasteiger partial charge in [0.05, 0.1) is 30.5 Å². The summed E-state index contributed by atoms with van der Waals surface area (Å²) in [6.07, 6.45) is 6.58. The minimum atomic E-state index is -1.09. The van der Waals surface area contributed by atoms with Crippen LogP contribution in [0.1, 0.15) is 101 Å². The largest absolute Gasteiger partial charge is 0.493 e. The molecule has 0 aliphatic carbocycles. The summed E-state index contributed by atoms with van der Waals surface area (Å²) in [6.45, 7) is 4.20. The Labute approximate surface area is 348 Å². The second-order valence-corrected chi connectivity index (χ2v) is 13.8. The molecule has 1 atom stereocenters. The molecule has 0 aromatic heterocycles. The number of carbonyl (C=O) groups excluding carboxylic acids is 7.